The molecule has 2 heterocycles. The average molecular weight is 346 g/mol. The zero-order chi connectivity index (χ0) is 18.6. The predicted molar refractivity (Wildman–Crippen MR) is 84.6 cm³/mol. The Balaban J connectivity index is 1.99. The maximum atomic E-state index is 12.7. The Morgan fingerprint density at radius 3 is 1.92 bits per heavy atom. The second kappa shape index (κ2) is 5.47. The molecule has 3 atom stereocenters. The first-order valence-electron chi connectivity index (χ1n) is 7.84. The van der Waals surface area contributed by atoms with Gasteiger partial charge in [0.15, 0.2) is 0 Å². The van der Waals surface area contributed by atoms with E-state index in [-0.39, 0.29) is 24.0 Å². The van der Waals surface area contributed by atoms with Crippen LogP contribution >= 0.6 is 0 Å². The largest absolute Gasteiger partial charge is 0.383 e. The van der Waals surface area contributed by atoms with Gasteiger partial charge in [0.2, 0.25) is 11.8 Å². The van der Waals surface area contributed by atoms with Crippen LogP contribution in [0.5, 0.6) is 0 Å². The highest BCUT2D eigenvalue weighted by Crippen LogP contribution is 2.33. The Hall–Kier alpha value is -2.58. The molecule has 3 aliphatic rings. The minimum absolute atomic E-state index is 0.0294. The summed E-state index contributed by atoms with van der Waals surface area (Å²) in [6.07, 6.45) is 5.13. The fourth-order valence-electron chi connectivity index (χ4n) is 2.94. The van der Waals surface area contributed by atoms with Crippen molar-refractivity contribution in [3.05, 3.63) is 35.5 Å². The third kappa shape index (κ3) is 2.63. The fourth-order valence-corrected chi connectivity index (χ4v) is 2.94. The number of imide groups is 2. The van der Waals surface area contributed by atoms with E-state index in [1.807, 2.05) is 0 Å². The minimum Gasteiger partial charge on any atom is -0.383 e. The summed E-state index contributed by atoms with van der Waals surface area (Å²) in [6, 6.07) is -1.06. The van der Waals surface area contributed by atoms with Gasteiger partial charge in [-0.1, -0.05) is 0 Å². The SMILES string of the molecule is CC1(O)/C=C\C2=C(/C=C\C1(C)O)C(=O)N(C1CCC(=O)NC1=O)C2=O. The molecule has 0 saturated carbocycles. The van der Waals surface area contributed by atoms with Gasteiger partial charge < -0.3 is 10.2 Å². The number of amides is 4. The summed E-state index contributed by atoms with van der Waals surface area (Å²) < 4.78 is 0. The Labute approximate surface area is 143 Å². The number of rotatable bonds is 1. The zero-order valence-electron chi connectivity index (χ0n) is 13.8. The van der Waals surface area contributed by atoms with Gasteiger partial charge in [0.1, 0.15) is 17.2 Å². The van der Waals surface area contributed by atoms with Crippen molar-refractivity contribution in [3.8, 4) is 0 Å². The molecule has 3 N–H and O–H groups in total. The van der Waals surface area contributed by atoms with E-state index in [1.165, 1.54) is 38.2 Å². The molecule has 132 valence electrons. The highest BCUT2D eigenvalue weighted by atomic mass is 16.4. The number of hydrogen-bond acceptors (Lipinski definition) is 6. The van der Waals surface area contributed by atoms with Gasteiger partial charge in [-0.15, -0.1) is 0 Å². The predicted octanol–water partition coefficient (Wildman–Crippen LogP) is -0.915. The molecule has 0 spiro atoms. The van der Waals surface area contributed by atoms with Crippen LogP contribution in [0.15, 0.2) is 35.5 Å². The van der Waals surface area contributed by atoms with E-state index < -0.39 is 40.9 Å². The molecular formula is C17H18N2O6. The van der Waals surface area contributed by atoms with Crippen molar-refractivity contribution < 1.29 is 29.4 Å². The van der Waals surface area contributed by atoms with Crippen molar-refractivity contribution in [2.75, 3.05) is 0 Å². The number of aliphatic hydroxyl groups is 2. The number of carbonyl (C=O) groups excluding carboxylic acids is 4. The minimum atomic E-state index is -1.66. The standard InChI is InChI=1S/C17H18N2O6/c1-16(24)7-5-9-10(6-8-17(16,2)25)15(23)19(14(9)22)11-3-4-12(20)18-13(11)21/h5-8,11,24-25H,3-4H2,1-2H3,(H,18,20,21)/b7-5-,8-6-. The number of hydrogen-bond donors (Lipinski definition) is 3. The third-order valence-corrected chi connectivity index (χ3v) is 4.88. The van der Waals surface area contributed by atoms with Crippen LogP contribution in [0.2, 0.25) is 0 Å². The molecule has 0 aromatic heterocycles. The van der Waals surface area contributed by atoms with Gasteiger partial charge in [0, 0.05) is 6.42 Å². The first kappa shape index (κ1) is 17.2. The molecule has 4 amide bonds. The molecule has 0 radical (unpaired) electrons. The average Bonchev–Trinajstić information content (AvgIpc) is 2.73. The maximum absolute atomic E-state index is 12.7. The number of nitrogens with one attached hydrogen (secondary N) is 1. The van der Waals surface area contributed by atoms with Gasteiger partial charge in [0.25, 0.3) is 11.8 Å². The molecule has 3 unspecified atom stereocenters. The van der Waals surface area contributed by atoms with Crippen LogP contribution in [0, 0.1) is 0 Å². The molecule has 0 bridgehead atoms. The molecule has 1 fully saturated rings. The topological polar surface area (TPSA) is 124 Å². The van der Waals surface area contributed by atoms with Crippen LogP contribution in [0.25, 0.3) is 0 Å². The van der Waals surface area contributed by atoms with Crippen LogP contribution in [-0.4, -0.2) is 56.0 Å². The Morgan fingerprint density at radius 1 is 1.00 bits per heavy atom. The zero-order valence-corrected chi connectivity index (χ0v) is 13.8. The normalized spacial score (nSPS) is 38.2. The van der Waals surface area contributed by atoms with Crippen LogP contribution in [0.1, 0.15) is 26.7 Å². The van der Waals surface area contributed by atoms with Crippen molar-refractivity contribution in [1.29, 1.82) is 0 Å². The summed E-state index contributed by atoms with van der Waals surface area (Å²) in [4.78, 5) is 49.5. The van der Waals surface area contributed by atoms with Crippen LogP contribution in [-0.2, 0) is 19.2 Å². The lowest BCUT2D eigenvalue weighted by Crippen LogP contribution is -2.54. The molecule has 8 heteroatoms. The number of nitrogens with zero attached hydrogens (tertiary/aromatic N) is 1. The van der Waals surface area contributed by atoms with E-state index in [9.17, 15) is 29.4 Å². The summed E-state index contributed by atoms with van der Waals surface area (Å²) in [5, 5.41) is 22.8. The van der Waals surface area contributed by atoms with Gasteiger partial charge >= 0.3 is 0 Å². The Morgan fingerprint density at radius 2 is 1.48 bits per heavy atom. The first-order valence-corrected chi connectivity index (χ1v) is 7.84. The molecule has 8 nitrogen and oxygen atoms in total. The van der Waals surface area contributed by atoms with Gasteiger partial charge in [-0.3, -0.25) is 29.4 Å². The molecule has 1 saturated heterocycles. The highest BCUT2D eigenvalue weighted by Gasteiger charge is 2.46. The fraction of sp³-hybridized carbons (Fsp3) is 0.412. The van der Waals surface area contributed by atoms with Crippen molar-refractivity contribution in [3.63, 3.8) is 0 Å². The van der Waals surface area contributed by atoms with Gasteiger partial charge in [-0.05, 0) is 44.6 Å². The molecule has 3 rings (SSSR count). The highest BCUT2D eigenvalue weighted by molar-refractivity contribution is 6.24. The summed E-state index contributed by atoms with van der Waals surface area (Å²) in [5.74, 6) is -2.49. The van der Waals surface area contributed by atoms with E-state index in [4.69, 9.17) is 0 Å². The third-order valence-electron chi connectivity index (χ3n) is 4.88. The lowest BCUT2D eigenvalue weighted by Gasteiger charge is -2.34. The van der Waals surface area contributed by atoms with Crippen LogP contribution < -0.4 is 5.32 Å². The molecule has 25 heavy (non-hydrogen) atoms. The maximum Gasteiger partial charge on any atom is 0.262 e. The van der Waals surface area contributed by atoms with E-state index >= 15 is 0 Å². The number of piperidine rings is 1. The molecular weight excluding hydrogens is 328 g/mol. The smallest absolute Gasteiger partial charge is 0.262 e. The Kier molecular flexibility index (Phi) is 3.77. The number of carbonyl (C=O) groups is 4. The van der Waals surface area contributed by atoms with E-state index in [2.05, 4.69) is 5.32 Å². The lowest BCUT2D eigenvalue weighted by atomic mass is 9.83. The van der Waals surface area contributed by atoms with E-state index in [0.717, 1.165) is 4.90 Å². The van der Waals surface area contributed by atoms with Crippen molar-refractivity contribution >= 4 is 23.6 Å². The lowest BCUT2D eigenvalue weighted by molar-refractivity contribution is -0.149. The summed E-state index contributed by atoms with van der Waals surface area (Å²) >= 11 is 0. The summed E-state index contributed by atoms with van der Waals surface area (Å²) in [5.41, 5.74) is -3.26. The van der Waals surface area contributed by atoms with E-state index in [0.29, 0.717) is 0 Å². The second-order valence-electron chi connectivity index (χ2n) is 6.74. The van der Waals surface area contributed by atoms with Gasteiger partial charge in [0.05, 0.1) is 11.1 Å². The van der Waals surface area contributed by atoms with Crippen molar-refractivity contribution in [2.24, 2.45) is 0 Å². The van der Waals surface area contributed by atoms with Crippen molar-refractivity contribution in [1.82, 2.24) is 10.2 Å². The Bertz CT molecular complexity index is 741. The van der Waals surface area contributed by atoms with Gasteiger partial charge in [-0.25, -0.2) is 0 Å². The van der Waals surface area contributed by atoms with Crippen LogP contribution in [0.4, 0.5) is 0 Å². The van der Waals surface area contributed by atoms with Gasteiger partial charge in [-0.2, -0.15) is 0 Å². The first-order chi connectivity index (χ1) is 11.5. The summed E-state index contributed by atoms with van der Waals surface area (Å²) in [7, 11) is 0. The van der Waals surface area contributed by atoms with E-state index in [1.54, 1.807) is 0 Å². The molecule has 1 aliphatic carbocycles. The summed E-state index contributed by atoms with van der Waals surface area (Å²) in [6.45, 7) is 2.75. The molecule has 2 aliphatic heterocycles. The molecule has 0 aromatic rings. The quantitative estimate of drug-likeness (QED) is 0.528. The second-order valence-corrected chi connectivity index (χ2v) is 6.74. The van der Waals surface area contributed by atoms with Crippen molar-refractivity contribution in [2.45, 2.75) is 43.9 Å². The monoisotopic (exact) mass is 346 g/mol. The van der Waals surface area contributed by atoms with Crippen LogP contribution in [0.3, 0.4) is 0 Å². The molecule has 0 aromatic carbocycles.